The van der Waals surface area contributed by atoms with Gasteiger partial charge in [0.05, 0.1) is 6.42 Å². The van der Waals surface area contributed by atoms with Crippen LogP contribution in [0.4, 0.5) is 0 Å². The average Bonchev–Trinajstić information content (AvgIpc) is 2.82. The van der Waals surface area contributed by atoms with Crippen molar-refractivity contribution in [2.45, 2.75) is 44.2 Å². The minimum absolute atomic E-state index is 0.259. The highest BCUT2D eigenvalue weighted by Crippen LogP contribution is 2.35. The maximum absolute atomic E-state index is 10.5. The fourth-order valence-electron chi connectivity index (χ4n) is 1.60. The van der Waals surface area contributed by atoms with Crippen LogP contribution in [0, 0.1) is 5.92 Å². The van der Waals surface area contributed by atoms with Gasteiger partial charge in [0.25, 0.3) is 0 Å². The number of hydrogen-bond acceptors (Lipinski definition) is 2. The number of nitrogens with one attached hydrogen (secondary N) is 1. The van der Waals surface area contributed by atoms with Gasteiger partial charge in [-0.3, -0.25) is 4.79 Å². The van der Waals surface area contributed by atoms with E-state index in [4.69, 9.17) is 5.11 Å². The molecule has 2 N–H and O–H groups in total. The van der Waals surface area contributed by atoms with Crippen LogP contribution in [0.15, 0.2) is 0 Å². The van der Waals surface area contributed by atoms with Gasteiger partial charge in [-0.05, 0) is 31.6 Å². The van der Waals surface area contributed by atoms with Crippen LogP contribution in [-0.2, 0) is 4.79 Å². The van der Waals surface area contributed by atoms with E-state index in [-0.39, 0.29) is 6.04 Å². The van der Waals surface area contributed by atoms with Crippen molar-refractivity contribution in [2.24, 2.45) is 5.92 Å². The number of aliphatic carboxylic acids is 1. The van der Waals surface area contributed by atoms with Gasteiger partial charge in [-0.2, -0.15) is 0 Å². The van der Waals surface area contributed by atoms with Crippen LogP contribution in [0.3, 0.4) is 0 Å². The molecule has 68 valence electrons. The van der Waals surface area contributed by atoms with E-state index in [2.05, 4.69) is 5.32 Å². The predicted octanol–water partition coefficient (Wildman–Crippen LogP) is 0.992. The van der Waals surface area contributed by atoms with Crippen molar-refractivity contribution in [2.75, 3.05) is 0 Å². The zero-order valence-corrected chi connectivity index (χ0v) is 7.12. The van der Waals surface area contributed by atoms with E-state index in [1.54, 1.807) is 0 Å². The van der Waals surface area contributed by atoms with E-state index in [9.17, 15) is 4.79 Å². The molecular formula is C9H15NO2. The Morgan fingerprint density at radius 1 is 1.42 bits per heavy atom. The smallest absolute Gasteiger partial charge is 0.304 e. The summed E-state index contributed by atoms with van der Waals surface area (Å²) in [6.07, 6.45) is 5.22. The van der Waals surface area contributed by atoms with Crippen LogP contribution in [0.1, 0.15) is 32.1 Å². The normalized spacial score (nSPS) is 25.3. The van der Waals surface area contributed by atoms with Gasteiger partial charge in [0, 0.05) is 12.1 Å². The minimum atomic E-state index is -0.667. The highest BCUT2D eigenvalue weighted by atomic mass is 16.4. The number of carbonyl (C=O) groups is 1. The number of rotatable bonds is 5. The molecule has 0 bridgehead atoms. The molecule has 0 aromatic heterocycles. The second-order valence-electron chi connectivity index (χ2n) is 3.98. The van der Waals surface area contributed by atoms with Crippen molar-refractivity contribution in [3.05, 3.63) is 0 Å². The third-order valence-corrected chi connectivity index (χ3v) is 2.61. The van der Waals surface area contributed by atoms with Crippen LogP contribution in [0.2, 0.25) is 0 Å². The lowest BCUT2D eigenvalue weighted by atomic mass is 10.1. The Labute approximate surface area is 72.2 Å². The predicted molar refractivity (Wildman–Crippen MR) is 44.9 cm³/mol. The largest absolute Gasteiger partial charge is 0.481 e. The van der Waals surface area contributed by atoms with E-state index in [1.807, 2.05) is 0 Å². The van der Waals surface area contributed by atoms with E-state index < -0.39 is 5.97 Å². The van der Waals surface area contributed by atoms with Gasteiger partial charge in [-0.1, -0.05) is 0 Å². The number of carboxylic acid groups (broad SMARTS) is 1. The maximum atomic E-state index is 10.5. The van der Waals surface area contributed by atoms with Crippen LogP contribution in [-0.4, -0.2) is 23.2 Å². The van der Waals surface area contributed by atoms with E-state index in [0.717, 1.165) is 0 Å². The summed E-state index contributed by atoms with van der Waals surface area (Å²) in [5, 5.41) is 12.1. The van der Waals surface area contributed by atoms with Gasteiger partial charge in [0.1, 0.15) is 0 Å². The molecule has 0 radical (unpaired) electrons. The van der Waals surface area contributed by atoms with Crippen molar-refractivity contribution >= 4 is 5.97 Å². The first-order chi connectivity index (χ1) is 5.75. The number of hydrogen-bond donors (Lipinski definition) is 2. The Hall–Kier alpha value is -0.570. The van der Waals surface area contributed by atoms with Crippen LogP contribution in [0.25, 0.3) is 0 Å². The Morgan fingerprint density at radius 3 is 2.50 bits per heavy atom. The third-order valence-electron chi connectivity index (χ3n) is 2.61. The van der Waals surface area contributed by atoms with Crippen molar-refractivity contribution in [3.8, 4) is 0 Å². The molecular weight excluding hydrogens is 154 g/mol. The molecule has 0 aromatic rings. The van der Waals surface area contributed by atoms with E-state index in [1.165, 1.54) is 25.7 Å². The van der Waals surface area contributed by atoms with Gasteiger partial charge < -0.3 is 10.4 Å². The number of carboxylic acids is 1. The van der Waals surface area contributed by atoms with Crippen molar-refractivity contribution in [3.63, 3.8) is 0 Å². The molecule has 2 fully saturated rings. The van der Waals surface area contributed by atoms with Gasteiger partial charge >= 0.3 is 5.97 Å². The van der Waals surface area contributed by atoms with E-state index >= 15 is 0 Å². The minimum Gasteiger partial charge on any atom is -0.481 e. The lowest BCUT2D eigenvalue weighted by Gasteiger charge is -2.14. The average molecular weight is 169 g/mol. The topological polar surface area (TPSA) is 49.3 Å². The summed E-state index contributed by atoms with van der Waals surface area (Å²) in [7, 11) is 0. The molecule has 2 rings (SSSR count). The summed E-state index contributed by atoms with van der Waals surface area (Å²) in [4.78, 5) is 10.5. The van der Waals surface area contributed by atoms with Gasteiger partial charge in [0.2, 0.25) is 0 Å². The molecule has 1 atom stereocenters. The lowest BCUT2D eigenvalue weighted by Crippen LogP contribution is -2.34. The second-order valence-corrected chi connectivity index (χ2v) is 3.98. The Bertz CT molecular complexity index is 185. The van der Waals surface area contributed by atoms with Crippen molar-refractivity contribution in [1.82, 2.24) is 5.32 Å². The summed E-state index contributed by atoms with van der Waals surface area (Å²) < 4.78 is 0. The molecule has 2 saturated carbocycles. The molecule has 0 heterocycles. The molecule has 0 spiro atoms. The maximum Gasteiger partial charge on any atom is 0.304 e. The Kier molecular flexibility index (Phi) is 2.05. The summed E-state index contributed by atoms with van der Waals surface area (Å²) in [6.45, 7) is 0. The molecule has 2 aliphatic carbocycles. The monoisotopic (exact) mass is 169 g/mol. The summed E-state index contributed by atoms with van der Waals surface area (Å²) in [6, 6.07) is 0.893. The summed E-state index contributed by atoms with van der Waals surface area (Å²) in [5.74, 6) is -0.0123. The van der Waals surface area contributed by atoms with Crippen molar-refractivity contribution < 1.29 is 9.90 Å². The Balaban J connectivity index is 1.78. The first-order valence-corrected chi connectivity index (χ1v) is 4.73. The molecule has 0 amide bonds. The van der Waals surface area contributed by atoms with Gasteiger partial charge in [-0.15, -0.1) is 0 Å². The Morgan fingerprint density at radius 2 is 2.08 bits per heavy atom. The zero-order valence-electron chi connectivity index (χ0n) is 7.12. The molecule has 2 aliphatic rings. The molecule has 1 unspecified atom stereocenters. The highest BCUT2D eigenvalue weighted by Gasteiger charge is 2.35. The molecule has 0 saturated heterocycles. The standard InChI is InChI=1S/C9H15NO2/c11-9(12)5-8(6-1-2-6)10-7-3-4-7/h6-8,10H,1-5H2,(H,11,12). The zero-order chi connectivity index (χ0) is 8.55. The SMILES string of the molecule is O=C(O)CC(NC1CC1)C1CC1. The molecule has 0 aromatic carbocycles. The highest BCUT2D eigenvalue weighted by molar-refractivity contribution is 5.67. The first kappa shape index (κ1) is 8.05. The van der Waals surface area contributed by atoms with Crippen LogP contribution >= 0.6 is 0 Å². The lowest BCUT2D eigenvalue weighted by molar-refractivity contribution is -0.137. The van der Waals surface area contributed by atoms with Crippen molar-refractivity contribution in [1.29, 1.82) is 0 Å². The fourth-order valence-corrected chi connectivity index (χ4v) is 1.60. The summed E-state index contributed by atoms with van der Waals surface area (Å²) >= 11 is 0. The first-order valence-electron chi connectivity index (χ1n) is 4.73. The molecule has 3 nitrogen and oxygen atoms in total. The third kappa shape index (κ3) is 2.21. The molecule has 0 aliphatic heterocycles. The quantitative estimate of drug-likeness (QED) is 0.645. The van der Waals surface area contributed by atoms with Gasteiger partial charge in [-0.25, -0.2) is 0 Å². The molecule has 12 heavy (non-hydrogen) atoms. The summed E-state index contributed by atoms with van der Waals surface area (Å²) in [5.41, 5.74) is 0. The van der Waals surface area contributed by atoms with Gasteiger partial charge in [0.15, 0.2) is 0 Å². The molecule has 3 heteroatoms. The van der Waals surface area contributed by atoms with Crippen LogP contribution in [0.5, 0.6) is 0 Å². The van der Waals surface area contributed by atoms with Crippen LogP contribution < -0.4 is 5.32 Å². The fraction of sp³-hybridized carbons (Fsp3) is 0.889. The second kappa shape index (κ2) is 3.05. The van der Waals surface area contributed by atoms with E-state index in [0.29, 0.717) is 18.4 Å².